The van der Waals surface area contributed by atoms with Crippen molar-refractivity contribution in [3.63, 3.8) is 0 Å². The van der Waals surface area contributed by atoms with Gasteiger partial charge in [0, 0.05) is 36.6 Å². The van der Waals surface area contributed by atoms with Crippen LogP contribution in [0.3, 0.4) is 0 Å². The highest BCUT2D eigenvalue weighted by molar-refractivity contribution is 7.79. The quantitative estimate of drug-likeness (QED) is 0.503. The van der Waals surface area contributed by atoms with E-state index in [9.17, 15) is 0 Å². The number of thiocarbonyl (C=S) groups is 1. The number of pyridine rings is 1. The van der Waals surface area contributed by atoms with Crippen molar-refractivity contribution in [1.29, 1.82) is 0 Å². The molecule has 1 aromatic carbocycles. The fourth-order valence-corrected chi connectivity index (χ4v) is 4.10. The van der Waals surface area contributed by atoms with Gasteiger partial charge in [0.1, 0.15) is 6.04 Å². The number of nitrogens with one attached hydrogen (secondary N) is 1. The third kappa shape index (κ3) is 3.29. The molecule has 2 unspecified atom stereocenters. The van der Waals surface area contributed by atoms with E-state index in [4.69, 9.17) is 18.0 Å². The van der Waals surface area contributed by atoms with Gasteiger partial charge in [-0.05, 0) is 31.2 Å². The van der Waals surface area contributed by atoms with Crippen LogP contribution in [0.2, 0.25) is 0 Å². The Bertz CT molecular complexity index is 721. The Morgan fingerprint density at radius 2 is 1.96 bits per heavy atom. The summed E-state index contributed by atoms with van der Waals surface area (Å²) < 4.78 is 0.446. The molecule has 4 nitrogen and oxygen atoms in total. The summed E-state index contributed by atoms with van der Waals surface area (Å²) in [6.07, 6.45) is 8.02. The first kappa shape index (κ1) is 17.3. The Kier molecular flexibility index (Phi) is 5.13. The summed E-state index contributed by atoms with van der Waals surface area (Å²) in [5.74, 6) is 0. The van der Waals surface area contributed by atoms with Crippen molar-refractivity contribution < 1.29 is 4.59 Å². The third-order valence-corrected chi connectivity index (χ3v) is 5.72. The van der Waals surface area contributed by atoms with Crippen LogP contribution in [-0.4, -0.2) is 27.8 Å². The molecule has 3 rings (SSSR count). The fourth-order valence-electron chi connectivity index (χ4n) is 3.90. The molecule has 0 aliphatic heterocycles. The van der Waals surface area contributed by atoms with Gasteiger partial charge in [-0.1, -0.05) is 30.7 Å². The summed E-state index contributed by atoms with van der Waals surface area (Å²) in [6, 6.07) is 10.9. The van der Waals surface area contributed by atoms with Crippen LogP contribution in [-0.2, 0) is 0 Å². The molecule has 2 aromatic rings. The Balaban J connectivity index is 1.90. The molecular weight excluding hydrogens is 316 g/mol. The van der Waals surface area contributed by atoms with Crippen molar-refractivity contribution in [3.8, 4) is 0 Å². The number of hydrogen-bond donors (Lipinski definition) is 2. The molecule has 3 N–H and O–H groups in total. The van der Waals surface area contributed by atoms with E-state index in [0.717, 1.165) is 18.5 Å². The van der Waals surface area contributed by atoms with Crippen LogP contribution in [0.4, 0.5) is 0 Å². The topological polar surface area (TPSA) is 50.9 Å². The lowest BCUT2D eigenvalue weighted by Crippen LogP contribution is -2.67. The molecule has 24 heavy (non-hydrogen) atoms. The maximum Gasteiger partial charge on any atom is 0.286 e. The minimum Gasteiger partial charge on any atom is -0.343 e. The fraction of sp³-hybridized carbons (Fsp3) is 0.474. The maximum absolute atomic E-state index is 6.16. The Hall–Kier alpha value is -1.56. The number of hydrogen-bond acceptors (Lipinski definition) is 3. The van der Waals surface area contributed by atoms with Gasteiger partial charge in [-0.25, -0.2) is 0 Å². The molecule has 1 aromatic heterocycles. The molecule has 1 fully saturated rings. The Morgan fingerprint density at radius 3 is 2.67 bits per heavy atom. The van der Waals surface area contributed by atoms with E-state index in [1.54, 1.807) is 0 Å². The van der Waals surface area contributed by atoms with E-state index in [1.165, 1.54) is 30.0 Å². The second-order valence-electron chi connectivity index (χ2n) is 6.97. The molecule has 1 heterocycles. The largest absolute Gasteiger partial charge is 0.343 e. The van der Waals surface area contributed by atoms with Gasteiger partial charge in [0.2, 0.25) is 0 Å². The van der Waals surface area contributed by atoms with Crippen LogP contribution in [0, 0.1) is 0 Å². The second-order valence-corrected chi connectivity index (χ2v) is 7.39. The summed E-state index contributed by atoms with van der Waals surface area (Å²) in [6.45, 7) is 2.15. The smallest absolute Gasteiger partial charge is 0.286 e. The molecule has 0 bridgehead atoms. The molecular formula is C19H27N4S+. The predicted octanol–water partition coefficient (Wildman–Crippen LogP) is 3.82. The van der Waals surface area contributed by atoms with Crippen molar-refractivity contribution in [2.75, 3.05) is 7.05 Å². The molecule has 2 atom stereocenters. The summed E-state index contributed by atoms with van der Waals surface area (Å²) in [5, 5.41) is 2.89. The first-order chi connectivity index (χ1) is 11.5. The molecule has 0 saturated heterocycles. The lowest BCUT2D eigenvalue weighted by Gasteiger charge is -2.42. The first-order valence-electron chi connectivity index (χ1n) is 8.80. The highest BCUT2D eigenvalue weighted by Gasteiger charge is 2.39. The summed E-state index contributed by atoms with van der Waals surface area (Å²) >= 11 is 5.44. The predicted molar refractivity (Wildman–Crippen MR) is 103 cm³/mol. The highest BCUT2D eigenvalue weighted by Crippen LogP contribution is 2.29. The molecule has 0 spiro atoms. The first-order valence-corrected chi connectivity index (χ1v) is 9.21. The number of fused-ring (bicyclic) bond motifs is 1. The monoisotopic (exact) mass is 343 g/mol. The van der Waals surface area contributed by atoms with Crippen LogP contribution >= 0.6 is 12.2 Å². The maximum atomic E-state index is 6.16. The molecule has 1 aliphatic carbocycles. The minimum absolute atomic E-state index is 0.0597. The average molecular weight is 344 g/mol. The van der Waals surface area contributed by atoms with Crippen LogP contribution in [0.5, 0.6) is 0 Å². The molecule has 0 amide bonds. The van der Waals surface area contributed by atoms with E-state index in [0.29, 0.717) is 15.7 Å². The zero-order chi connectivity index (χ0) is 17.2. The average Bonchev–Trinajstić information content (AvgIpc) is 2.61. The zero-order valence-corrected chi connectivity index (χ0v) is 15.4. The van der Waals surface area contributed by atoms with Crippen molar-refractivity contribution >= 4 is 28.1 Å². The van der Waals surface area contributed by atoms with Crippen molar-refractivity contribution in [1.82, 2.24) is 10.4 Å². The molecule has 1 saturated carbocycles. The number of benzene rings is 1. The normalized spacial score (nSPS) is 19.8. The standard InChI is InChI=1S/C19H26N4S/c1-14(18-17-11-7-6-8-15(17)12-13-21-18)22-23(2,19(20)24)16-9-4-3-5-10-16/h6-8,11-14,16,22H,3-5,9-10H2,1-2H3,(H-,20,24)/p+1. The minimum atomic E-state index is 0.0597. The molecule has 5 heteroatoms. The van der Waals surface area contributed by atoms with Crippen LogP contribution in [0.25, 0.3) is 10.8 Å². The van der Waals surface area contributed by atoms with E-state index >= 15 is 0 Å². The number of rotatable bonds is 4. The van der Waals surface area contributed by atoms with E-state index in [2.05, 4.69) is 48.6 Å². The number of nitrogens with two attached hydrogens (primary N) is 1. The van der Waals surface area contributed by atoms with Gasteiger partial charge in [0.05, 0.1) is 18.8 Å². The van der Waals surface area contributed by atoms with E-state index < -0.39 is 0 Å². The van der Waals surface area contributed by atoms with Crippen LogP contribution in [0.1, 0.15) is 50.8 Å². The van der Waals surface area contributed by atoms with Gasteiger partial charge in [-0.2, -0.15) is 10.0 Å². The van der Waals surface area contributed by atoms with Gasteiger partial charge in [0.15, 0.2) is 0 Å². The van der Waals surface area contributed by atoms with Gasteiger partial charge in [-0.15, -0.1) is 0 Å². The lowest BCUT2D eigenvalue weighted by atomic mass is 9.94. The van der Waals surface area contributed by atoms with E-state index in [1.807, 2.05) is 12.3 Å². The van der Waals surface area contributed by atoms with Gasteiger partial charge >= 0.3 is 0 Å². The van der Waals surface area contributed by atoms with Crippen molar-refractivity contribution in [3.05, 3.63) is 42.2 Å². The second kappa shape index (κ2) is 7.13. The Labute approximate surface area is 149 Å². The van der Waals surface area contributed by atoms with Crippen LogP contribution in [0.15, 0.2) is 36.5 Å². The Morgan fingerprint density at radius 1 is 1.25 bits per heavy atom. The summed E-state index contributed by atoms with van der Waals surface area (Å²) in [4.78, 5) is 4.64. The number of nitrogens with zero attached hydrogens (tertiary/aromatic N) is 2. The third-order valence-electron chi connectivity index (χ3n) is 5.34. The summed E-state index contributed by atoms with van der Waals surface area (Å²) in [5.41, 5.74) is 10.9. The lowest BCUT2D eigenvalue weighted by molar-refractivity contribution is -0.896. The van der Waals surface area contributed by atoms with Crippen molar-refractivity contribution in [2.45, 2.75) is 51.1 Å². The van der Waals surface area contributed by atoms with Crippen molar-refractivity contribution in [2.24, 2.45) is 5.73 Å². The van der Waals surface area contributed by atoms with Gasteiger partial charge in [0.25, 0.3) is 5.11 Å². The van der Waals surface area contributed by atoms with Gasteiger partial charge in [-0.3, -0.25) is 4.98 Å². The molecule has 1 aliphatic rings. The van der Waals surface area contributed by atoms with Gasteiger partial charge < -0.3 is 5.73 Å². The SMILES string of the molecule is CC(N[N+](C)(C(N)=S)C1CCCCC1)c1nccc2ccccc12. The van der Waals surface area contributed by atoms with E-state index in [-0.39, 0.29) is 6.04 Å². The molecule has 128 valence electrons. The summed E-state index contributed by atoms with van der Waals surface area (Å²) in [7, 11) is 2.11. The number of aromatic nitrogens is 1. The molecule has 0 radical (unpaired) electrons. The highest BCUT2D eigenvalue weighted by atomic mass is 32.1. The zero-order valence-electron chi connectivity index (χ0n) is 14.5. The van der Waals surface area contributed by atoms with Crippen LogP contribution < -0.4 is 11.2 Å². The number of quaternary nitrogens is 1.